The van der Waals surface area contributed by atoms with E-state index in [1.165, 1.54) is 0 Å². The number of anilines is 2. The first-order chi connectivity index (χ1) is 11.1. The number of aromatic nitrogens is 1. The number of carbonyl (C=O) groups is 1. The van der Waals surface area contributed by atoms with Crippen LogP contribution in [0.1, 0.15) is 12.5 Å². The number of nitrogens with zero attached hydrogens (tertiary/aromatic N) is 3. The molecule has 1 N–H and O–H groups in total. The van der Waals surface area contributed by atoms with Crippen LogP contribution in [-0.2, 0) is 0 Å². The number of pyridine rings is 1. The van der Waals surface area contributed by atoms with Crippen LogP contribution in [0.4, 0.5) is 16.3 Å². The average Bonchev–Trinajstić information content (AvgIpc) is 2.96. The Hall–Kier alpha value is -2.34. The van der Waals surface area contributed by atoms with Crippen molar-refractivity contribution < 1.29 is 4.79 Å². The van der Waals surface area contributed by atoms with Gasteiger partial charge in [0.1, 0.15) is 5.82 Å². The molecule has 118 valence electrons. The van der Waals surface area contributed by atoms with Crippen LogP contribution in [0.2, 0.25) is 0 Å². The van der Waals surface area contributed by atoms with Crippen LogP contribution in [0.15, 0.2) is 53.7 Å². The van der Waals surface area contributed by atoms with Crippen molar-refractivity contribution in [3.05, 3.63) is 54.2 Å². The van der Waals surface area contributed by atoms with Gasteiger partial charge in [0, 0.05) is 17.1 Å². The van der Waals surface area contributed by atoms with Gasteiger partial charge in [-0.2, -0.15) is 0 Å². The molecule has 2 heterocycles. The molecule has 0 saturated carbocycles. The summed E-state index contributed by atoms with van der Waals surface area (Å²) in [5.41, 5.74) is 1.67. The molecule has 0 radical (unpaired) electrons. The quantitative estimate of drug-likeness (QED) is 0.910. The molecule has 3 rings (SSSR count). The van der Waals surface area contributed by atoms with Crippen LogP contribution in [0.3, 0.4) is 0 Å². The van der Waals surface area contributed by atoms with Crippen molar-refractivity contribution in [3.8, 4) is 0 Å². The van der Waals surface area contributed by atoms with E-state index in [9.17, 15) is 4.79 Å². The highest BCUT2D eigenvalue weighted by atomic mass is 32.2. The number of nitrogens with one attached hydrogen (secondary N) is 1. The molecule has 0 unspecified atom stereocenters. The number of amidine groups is 1. The third kappa shape index (κ3) is 3.53. The minimum absolute atomic E-state index is 0.252. The van der Waals surface area contributed by atoms with Gasteiger partial charge in [-0.3, -0.25) is 4.99 Å². The van der Waals surface area contributed by atoms with Crippen LogP contribution in [0, 0.1) is 6.92 Å². The predicted molar refractivity (Wildman–Crippen MR) is 96.3 cm³/mol. The Kier molecular flexibility index (Phi) is 4.62. The molecule has 1 atom stereocenters. The molecule has 0 saturated heterocycles. The molecule has 6 heteroatoms. The summed E-state index contributed by atoms with van der Waals surface area (Å²) < 4.78 is 0. The first kappa shape index (κ1) is 15.6. The van der Waals surface area contributed by atoms with Crippen LogP contribution >= 0.6 is 11.8 Å². The Bertz CT molecular complexity index is 732. The summed E-state index contributed by atoms with van der Waals surface area (Å²) in [6.07, 6.45) is 1.69. The number of para-hydroxylation sites is 1. The maximum absolute atomic E-state index is 12.8. The van der Waals surface area contributed by atoms with Gasteiger partial charge in [-0.25, -0.2) is 14.7 Å². The molecule has 0 fully saturated rings. The fraction of sp³-hybridized carbons (Fsp3) is 0.235. The topological polar surface area (TPSA) is 57.6 Å². The first-order valence-electron chi connectivity index (χ1n) is 7.44. The predicted octanol–water partition coefficient (Wildman–Crippen LogP) is 3.92. The Morgan fingerprint density at radius 3 is 2.70 bits per heavy atom. The highest BCUT2D eigenvalue weighted by molar-refractivity contribution is 8.15. The fourth-order valence-corrected chi connectivity index (χ4v) is 3.20. The molecule has 1 aliphatic heterocycles. The summed E-state index contributed by atoms with van der Waals surface area (Å²) in [5.74, 6) is 0.612. The maximum atomic E-state index is 12.8. The summed E-state index contributed by atoms with van der Waals surface area (Å²) >= 11 is 1.59. The number of benzene rings is 1. The van der Waals surface area contributed by atoms with E-state index in [-0.39, 0.29) is 6.03 Å². The van der Waals surface area contributed by atoms with E-state index in [1.54, 1.807) is 22.9 Å². The molecule has 0 spiro atoms. The molecule has 5 nitrogen and oxygen atoms in total. The van der Waals surface area contributed by atoms with Crippen molar-refractivity contribution in [1.29, 1.82) is 0 Å². The third-order valence-corrected chi connectivity index (χ3v) is 4.48. The molecule has 1 aromatic heterocycles. The lowest BCUT2D eigenvalue weighted by Crippen LogP contribution is -2.39. The Labute approximate surface area is 139 Å². The van der Waals surface area contributed by atoms with Gasteiger partial charge < -0.3 is 5.32 Å². The minimum Gasteiger partial charge on any atom is -0.307 e. The largest absolute Gasteiger partial charge is 0.333 e. The number of hydrogen-bond acceptors (Lipinski definition) is 4. The van der Waals surface area contributed by atoms with Crippen LogP contribution < -0.4 is 10.2 Å². The molecule has 1 aliphatic rings. The van der Waals surface area contributed by atoms with Gasteiger partial charge in [0.15, 0.2) is 5.17 Å². The summed E-state index contributed by atoms with van der Waals surface area (Å²) in [6, 6.07) is 12.9. The molecule has 0 aliphatic carbocycles. The summed E-state index contributed by atoms with van der Waals surface area (Å²) in [6.45, 7) is 4.75. The zero-order valence-electron chi connectivity index (χ0n) is 13.1. The van der Waals surface area contributed by atoms with Crippen molar-refractivity contribution in [2.45, 2.75) is 19.1 Å². The second-order valence-electron chi connectivity index (χ2n) is 5.33. The van der Waals surface area contributed by atoms with Gasteiger partial charge >= 0.3 is 6.03 Å². The molecule has 2 amide bonds. The van der Waals surface area contributed by atoms with E-state index >= 15 is 0 Å². The molecular weight excluding hydrogens is 308 g/mol. The normalized spacial score (nSPS) is 16.8. The number of urea groups is 1. The van der Waals surface area contributed by atoms with Gasteiger partial charge in [0.05, 0.1) is 6.54 Å². The van der Waals surface area contributed by atoms with E-state index < -0.39 is 0 Å². The van der Waals surface area contributed by atoms with Gasteiger partial charge in [-0.05, 0) is 30.7 Å². The molecule has 23 heavy (non-hydrogen) atoms. The Balaban J connectivity index is 1.92. The maximum Gasteiger partial charge on any atom is 0.333 e. The molecule has 0 bridgehead atoms. The lowest BCUT2D eigenvalue weighted by molar-refractivity contribution is 0.259. The number of thioether (sulfide) groups is 1. The van der Waals surface area contributed by atoms with Crippen molar-refractivity contribution >= 4 is 34.5 Å². The molecule has 1 aromatic carbocycles. The van der Waals surface area contributed by atoms with E-state index in [1.807, 2.05) is 49.4 Å². The Morgan fingerprint density at radius 1 is 1.26 bits per heavy atom. The van der Waals surface area contributed by atoms with E-state index in [4.69, 9.17) is 0 Å². The standard InChI is InChI=1S/C17H18N4OS/c1-12-7-6-10-18-15(12)21(17-19-11-13(2)23-17)16(22)20-14-8-4-3-5-9-14/h3-10,13H,11H2,1-2H3,(H,20,22)/t13-/m0/s1. The number of amides is 2. The number of aliphatic imine (C=N–C) groups is 1. The van der Waals surface area contributed by atoms with Crippen LogP contribution in [-0.4, -0.2) is 28.0 Å². The van der Waals surface area contributed by atoms with Gasteiger partial charge in [-0.1, -0.05) is 43.0 Å². The zero-order chi connectivity index (χ0) is 16.2. The monoisotopic (exact) mass is 326 g/mol. The average molecular weight is 326 g/mol. The van der Waals surface area contributed by atoms with Crippen LogP contribution in [0.5, 0.6) is 0 Å². The Morgan fingerprint density at radius 2 is 2.04 bits per heavy atom. The third-order valence-electron chi connectivity index (χ3n) is 3.40. The van der Waals surface area contributed by atoms with Crippen molar-refractivity contribution in [1.82, 2.24) is 4.98 Å². The van der Waals surface area contributed by atoms with E-state index in [2.05, 4.69) is 22.2 Å². The van der Waals surface area contributed by atoms with Crippen molar-refractivity contribution in [2.24, 2.45) is 4.99 Å². The zero-order valence-corrected chi connectivity index (χ0v) is 13.9. The first-order valence-corrected chi connectivity index (χ1v) is 8.32. The van der Waals surface area contributed by atoms with Gasteiger partial charge in [0.2, 0.25) is 0 Å². The molecule has 2 aromatic rings. The summed E-state index contributed by atoms with van der Waals surface area (Å²) in [7, 11) is 0. The lowest BCUT2D eigenvalue weighted by Gasteiger charge is -2.23. The number of hydrogen-bond donors (Lipinski definition) is 1. The van der Waals surface area contributed by atoms with Gasteiger partial charge in [0.25, 0.3) is 0 Å². The summed E-state index contributed by atoms with van der Waals surface area (Å²) in [4.78, 5) is 23.3. The van der Waals surface area contributed by atoms with E-state index in [0.29, 0.717) is 22.8 Å². The highest BCUT2D eigenvalue weighted by Gasteiger charge is 2.29. The van der Waals surface area contributed by atoms with E-state index in [0.717, 1.165) is 11.3 Å². The SMILES string of the molecule is Cc1cccnc1N(C(=O)Nc1ccccc1)C1=NC[C@H](C)S1. The number of aryl methyl sites for hydroxylation is 1. The highest BCUT2D eigenvalue weighted by Crippen LogP contribution is 2.28. The van der Waals surface area contributed by atoms with Gasteiger partial charge in [-0.15, -0.1) is 0 Å². The molecular formula is C17H18N4OS. The van der Waals surface area contributed by atoms with Crippen LogP contribution in [0.25, 0.3) is 0 Å². The van der Waals surface area contributed by atoms with Crippen molar-refractivity contribution in [3.63, 3.8) is 0 Å². The fourth-order valence-electron chi connectivity index (χ4n) is 2.27. The summed E-state index contributed by atoms with van der Waals surface area (Å²) in [5, 5.41) is 3.96. The second kappa shape index (κ2) is 6.83. The second-order valence-corrected chi connectivity index (χ2v) is 6.73. The lowest BCUT2D eigenvalue weighted by atomic mass is 10.3. The number of carbonyl (C=O) groups excluding carboxylic acids is 1. The number of rotatable bonds is 2. The van der Waals surface area contributed by atoms with Crippen molar-refractivity contribution in [2.75, 3.05) is 16.8 Å². The smallest absolute Gasteiger partial charge is 0.307 e. The minimum atomic E-state index is -0.252.